The molecule has 0 fully saturated rings. The molecule has 0 aliphatic carbocycles. The van der Waals surface area contributed by atoms with Gasteiger partial charge in [-0.15, -0.1) is 10.2 Å². The van der Waals surface area contributed by atoms with Gasteiger partial charge in [-0.3, -0.25) is 19.7 Å². The van der Waals surface area contributed by atoms with E-state index in [4.69, 9.17) is 9.84 Å². The highest BCUT2D eigenvalue weighted by atomic mass is 79.9. The summed E-state index contributed by atoms with van der Waals surface area (Å²) in [5, 5.41) is 29.1. The van der Waals surface area contributed by atoms with Crippen LogP contribution in [0.1, 0.15) is 45.3 Å². The van der Waals surface area contributed by atoms with Gasteiger partial charge < -0.3 is 14.6 Å². The molecule has 0 unspecified atom stereocenters. The molecule has 0 saturated carbocycles. The number of thioether (sulfide) groups is 1. The Morgan fingerprint density at radius 3 is 2.52 bits per heavy atom. The average molecular weight is 679 g/mol. The molecule has 2 amide bonds. The number of aromatic nitrogens is 3. The second-order valence-corrected chi connectivity index (χ2v) is 11.8. The summed E-state index contributed by atoms with van der Waals surface area (Å²) in [6.07, 6.45) is 0.558. The first kappa shape index (κ1) is 30.9. The minimum absolute atomic E-state index is 0.0471. The van der Waals surface area contributed by atoms with E-state index in [1.165, 1.54) is 41.9 Å². The van der Waals surface area contributed by atoms with Crippen LogP contribution in [0.5, 0.6) is 5.75 Å². The highest BCUT2D eigenvalue weighted by Crippen LogP contribution is 2.34. The summed E-state index contributed by atoms with van der Waals surface area (Å²) in [4.78, 5) is 37.0. The summed E-state index contributed by atoms with van der Waals surface area (Å²) in [7, 11) is 3.35. The van der Waals surface area contributed by atoms with E-state index >= 15 is 0 Å². The van der Waals surface area contributed by atoms with Gasteiger partial charge in [-0.05, 0) is 48.4 Å². The number of nitro groups is 1. The highest BCUT2D eigenvalue weighted by Gasteiger charge is 2.33. The number of halogens is 1. The second kappa shape index (κ2) is 13.4. The van der Waals surface area contributed by atoms with Crippen molar-refractivity contribution in [2.45, 2.75) is 31.1 Å². The number of nitro benzene ring substituents is 1. The number of hydrogen-bond acceptors (Lipinski definition) is 9. The van der Waals surface area contributed by atoms with Gasteiger partial charge >= 0.3 is 0 Å². The molecular weight excluding hydrogens is 650 g/mol. The van der Waals surface area contributed by atoms with Crippen LogP contribution in [0.25, 0.3) is 0 Å². The Labute approximate surface area is 265 Å². The Kier molecular flexibility index (Phi) is 9.40. The lowest BCUT2D eigenvalue weighted by Gasteiger charge is -2.22. The fraction of sp³-hybridized carbons (Fsp3) is 0.233. The molecule has 0 bridgehead atoms. The predicted molar refractivity (Wildman–Crippen MR) is 169 cm³/mol. The van der Waals surface area contributed by atoms with E-state index in [9.17, 15) is 19.7 Å². The van der Waals surface area contributed by atoms with Gasteiger partial charge in [0.2, 0.25) is 0 Å². The van der Waals surface area contributed by atoms with E-state index in [-0.39, 0.29) is 41.1 Å². The van der Waals surface area contributed by atoms with Gasteiger partial charge in [0.1, 0.15) is 5.75 Å². The van der Waals surface area contributed by atoms with Gasteiger partial charge in [0, 0.05) is 35.1 Å². The summed E-state index contributed by atoms with van der Waals surface area (Å²) >= 11 is 4.68. The summed E-state index contributed by atoms with van der Waals surface area (Å²) in [6.45, 7) is 1.58. The van der Waals surface area contributed by atoms with Crippen LogP contribution in [0.2, 0.25) is 0 Å². The Morgan fingerprint density at radius 1 is 1.11 bits per heavy atom. The minimum Gasteiger partial charge on any atom is -0.497 e. The lowest BCUT2D eigenvalue weighted by Crippen LogP contribution is -2.28. The van der Waals surface area contributed by atoms with Crippen LogP contribution in [0.3, 0.4) is 0 Å². The van der Waals surface area contributed by atoms with Crippen molar-refractivity contribution in [1.29, 1.82) is 0 Å². The van der Waals surface area contributed by atoms with Crippen molar-refractivity contribution >= 4 is 50.9 Å². The molecule has 226 valence electrons. The smallest absolute Gasteiger partial charge is 0.273 e. The zero-order valence-electron chi connectivity index (χ0n) is 24.1. The molecule has 0 radical (unpaired) electrons. The minimum atomic E-state index is -0.520. The molecule has 14 heteroatoms. The lowest BCUT2D eigenvalue weighted by atomic mass is 9.98. The van der Waals surface area contributed by atoms with Gasteiger partial charge in [0.05, 0.1) is 36.1 Å². The quantitative estimate of drug-likeness (QED) is 0.137. The van der Waals surface area contributed by atoms with Crippen LogP contribution in [0, 0.1) is 17.0 Å². The summed E-state index contributed by atoms with van der Waals surface area (Å²) < 4.78 is 7.95. The van der Waals surface area contributed by atoms with E-state index < -0.39 is 10.8 Å². The second-order valence-electron chi connectivity index (χ2n) is 9.92. The van der Waals surface area contributed by atoms with E-state index in [1.807, 2.05) is 48.5 Å². The van der Waals surface area contributed by atoms with Crippen molar-refractivity contribution in [2.24, 2.45) is 12.1 Å². The standard InChI is InChI=1S/C30H28BrN7O5S/c1-18-23(5-4-6-25(18)38(41)42)29(40)32-16-27-33-34-30(36(27)2)44-17-28(39)37-26(20-9-13-22(43-3)14-10-20)15-24(35-37)19-7-11-21(31)12-8-19/h4-14,26H,15-17H2,1-3H3,(H,32,40)/t26-/m1/s1. The van der Waals surface area contributed by atoms with E-state index in [0.29, 0.717) is 17.4 Å². The predicted octanol–water partition coefficient (Wildman–Crippen LogP) is 5.20. The van der Waals surface area contributed by atoms with E-state index in [0.717, 1.165) is 27.1 Å². The maximum Gasteiger partial charge on any atom is 0.273 e. The molecule has 44 heavy (non-hydrogen) atoms. The fourth-order valence-electron chi connectivity index (χ4n) is 4.78. The Hall–Kier alpha value is -4.56. The van der Waals surface area contributed by atoms with E-state index in [2.05, 4.69) is 31.4 Å². The largest absolute Gasteiger partial charge is 0.497 e. The van der Waals surface area contributed by atoms with Crippen LogP contribution in [-0.2, 0) is 18.4 Å². The number of carbonyl (C=O) groups is 2. The highest BCUT2D eigenvalue weighted by molar-refractivity contribution is 9.10. The molecule has 1 atom stereocenters. The van der Waals surface area contributed by atoms with Crippen molar-refractivity contribution in [1.82, 2.24) is 25.1 Å². The molecule has 1 aliphatic rings. The number of benzene rings is 3. The number of methoxy groups -OCH3 is 1. The Balaban J connectivity index is 1.27. The monoisotopic (exact) mass is 677 g/mol. The third kappa shape index (κ3) is 6.65. The van der Waals surface area contributed by atoms with Gasteiger partial charge in [-0.1, -0.05) is 58.0 Å². The third-order valence-electron chi connectivity index (χ3n) is 7.25. The molecule has 0 spiro atoms. The van der Waals surface area contributed by atoms with Gasteiger partial charge in [0.25, 0.3) is 17.5 Å². The molecule has 1 aromatic heterocycles. The van der Waals surface area contributed by atoms with Crippen molar-refractivity contribution in [3.8, 4) is 5.75 Å². The average Bonchev–Trinajstić information content (AvgIpc) is 3.63. The molecule has 2 heterocycles. The number of ether oxygens (including phenoxy) is 1. The molecule has 12 nitrogen and oxygen atoms in total. The summed E-state index contributed by atoms with van der Waals surface area (Å²) in [5.74, 6) is 0.598. The Bertz CT molecular complexity index is 1740. The fourth-order valence-corrected chi connectivity index (χ4v) is 5.83. The van der Waals surface area contributed by atoms with Crippen molar-refractivity contribution in [3.63, 3.8) is 0 Å². The Morgan fingerprint density at radius 2 is 1.84 bits per heavy atom. The molecule has 4 aromatic rings. The molecule has 5 rings (SSSR count). The van der Waals surface area contributed by atoms with Crippen LogP contribution in [0.4, 0.5) is 5.69 Å². The molecule has 1 aliphatic heterocycles. The maximum absolute atomic E-state index is 13.6. The van der Waals surface area contributed by atoms with E-state index in [1.54, 1.807) is 18.7 Å². The van der Waals surface area contributed by atoms with Gasteiger partial charge in [-0.2, -0.15) is 5.10 Å². The number of carbonyl (C=O) groups excluding carboxylic acids is 2. The number of nitrogens with one attached hydrogen (secondary N) is 1. The summed E-state index contributed by atoms with van der Waals surface area (Å²) in [6, 6.07) is 19.5. The first-order valence-electron chi connectivity index (χ1n) is 13.5. The summed E-state index contributed by atoms with van der Waals surface area (Å²) in [5.41, 5.74) is 3.06. The zero-order valence-corrected chi connectivity index (χ0v) is 26.5. The molecule has 3 aromatic carbocycles. The number of hydrogen-bond donors (Lipinski definition) is 1. The SMILES string of the molecule is COc1ccc([C@H]2CC(c3ccc(Br)cc3)=NN2C(=O)CSc2nnc(CNC(=O)c3cccc([N+](=O)[O-])c3C)n2C)cc1. The number of rotatable bonds is 10. The molecule has 0 saturated heterocycles. The molecule has 1 N–H and O–H groups in total. The van der Waals surface area contributed by atoms with Gasteiger partial charge in [0.15, 0.2) is 11.0 Å². The molecular formula is C30H28BrN7O5S. The van der Waals surface area contributed by atoms with Crippen molar-refractivity contribution < 1.29 is 19.2 Å². The zero-order chi connectivity index (χ0) is 31.4. The first-order valence-corrected chi connectivity index (χ1v) is 15.3. The van der Waals surface area contributed by atoms with Gasteiger partial charge in [-0.25, -0.2) is 5.01 Å². The number of amides is 2. The van der Waals surface area contributed by atoms with Crippen LogP contribution in [0.15, 0.2) is 81.5 Å². The van der Waals surface area contributed by atoms with Crippen LogP contribution < -0.4 is 10.1 Å². The van der Waals surface area contributed by atoms with Crippen molar-refractivity contribution in [2.75, 3.05) is 12.9 Å². The number of hydrazone groups is 1. The van der Waals surface area contributed by atoms with Crippen molar-refractivity contribution in [3.05, 3.63) is 109 Å². The van der Waals surface area contributed by atoms with Crippen LogP contribution >= 0.6 is 27.7 Å². The lowest BCUT2D eigenvalue weighted by molar-refractivity contribution is -0.385. The van der Waals surface area contributed by atoms with Crippen LogP contribution in [-0.4, -0.2) is 55.1 Å². The first-order chi connectivity index (χ1) is 21.2. The third-order valence-corrected chi connectivity index (χ3v) is 8.78. The normalized spacial score (nSPS) is 14.3. The number of nitrogens with zero attached hydrogens (tertiary/aromatic N) is 6. The topological polar surface area (TPSA) is 145 Å². The maximum atomic E-state index is 13.6.